The van der Waals surface area contributed by atoms with E-state index in [4.69, 9.17) is 21.1 Å². The summed E-state index contributed by atoms with van der Waals surface area (Å²) in [6.07, 6.45) is 0. The van der Waals surface area contributed by atoms with E-state index < -0.39 is 15.9 Å². The van der Waals surface area contributed by atoms with Crippen LogP contribution >= 0.6 is 11.6 Å². The maximum absolute atomic E-state index is 12.9. The van der Waals surface area contributed by atoms with Gasteiger partial charge in [-0.2, -0.15) is 4.31 Å². The average Bonchev–Trinajstić information content (AvgIpc) is 2.68. The number of ether oxygens (including phenoxy) is 2. The molecule has 1 fully saturated rings. The summed E-state index contributed by atoms with van der Waals surface area (Å²) >= 11 is 6.13. The fourth-order valence-electron chi connectivity index (χ4n) is 3.07. The second-order valence-electron chi connectivity index (χ2n) is 6.82. The summed E-state index contributed by atoms with van der Waals surface area (Å²) in [5, 5.41) is 2.75. The van der Waals surface area contributed by atoms with Gasteiger partial charge in [-0.25, -0.2) is 8.42 Å². The maximum Gasteiger partial charge on any atom is 0.262 e. The van der Waals surface area contributed by atoms with Crippen LogP contribution in [0.5, 0.6) is 5.75 Å². The monoisotopic (exact) mass is 438 g/mol. The van der Waals surface area contributed by atoms with Gasteiger partial charge in [0.2, 0.25) is 10.0 Å². The lowest BCUT2D eigenvalue weighted by atomic mass is 10.1. The summed E-state index contributed by atoms with van der Waals surface area (Å²) in [4.78, 5) is 12.2. The number of halogens is 1. The van der Waals surface area contributed by atoms with Crippen molar-refractivity contribution in [2.45, 2.75) is 18.7 Å². The van der Waals surface area contributed by atoms with Gasteiger partial charge in [-0.15, -0.1) is 0 Å². The zero-order valence-corrected chi connectivity index (χ0v) is 17.8. The third-order valence-corrected chi connectivity index (χ3v) is 6.75. The van der Waals surface area contributed by atoms with Crippen LogP contribution in [0.4, 0.5) is 5.69 Å². The number of carbonyl (C=O) groups excluding carboxylic acids is 1. The smallest absolute Gasteiger partial charge is 0.262 e. The zero-order chi connectivity index (χ0) is 21.0. The number of carbonyl (C=O) groups is 1. The molecule has 0 atom stereocenters. The summed E-state index contributed by atoms with van der Waals surface area (Å²) in [5.41, 5.74) is 2.40. The van der Waals surface area contributed by atoms with Crippen molar-refractivity contribution in [3.8, 4) is 5.75 Å². The van der Waals surface area contributed by atoms with Crippen LogP contribution in [0.25, 0.3) is 0 Å². The number of hydrogen-bond donors (Lipinski definition) is 1. The Hall–Kier alpha value is -2.13. The van der Waals surface area contributed by atoms with E-state index in [0.29, 0.717) is 24.7 Å². The number of aryl methyl sites for hydroxylation is 2. The lowest BCUT2D eigenvalue weighted by Crippen LogP contribution is -2.40. The van der Waals surface area contributed by atoms with Gasteiger partial charge in [-0.3, -0.25) is 4.79 Å². The van der Waals surface area contributed by atoms with Crippen LogP contribution in [0.3, 0.4) is 0 Å². The van der Waals surface area contributed by atoms with Crippen LogP contribution in [0.15, 0.2) is 41.3 Å². The largest absolute Gasteiger partial charge is 0.484 e. The van der Waals surface area contributed by atoms with Gasteiger partial charge < -0.3 is 14.8 Å². The molecule has 9 heteroatoms. The second-order valence-corrected chi connectivity index (χ2v) is 9.14. The number of amides is 1. The highest BCUT2D eigenvalue weighted by Gasteiger charge is 2.28. The highest BCUT2D eigenvalue weighted by atomic mass is 35.5. The Bertz CT molecular complexity index is 984. The van der Waals surface area contributed by atoms with E-state index in [2.05, 4.69) is 5.32 Å². The minimum atomic E-state index is -3.78. The number of nitrogens with one attached hydrogen (secondary N) is 1. The highest BCUT2D eigenvalue weighted by Crippen LogP contribution is 2.28. The fourth-order valence-corrected chi connectivity index (χ4v) is 4.98. The van der Waals surface area contributed by atoms with Crippen molar-refractivity contribution < 1.29 is 22.7 Å². The van der Waals surface area contributed by atoms with Gasteiger partial charge in [-0.05, 0) is 55.3 Å². The van der Waals surface area contributed by atoms with Gasteiger partial charge in [0.25, 0.3) is 5.91 Å². The average molecular weight is 439 g/mol. The molecular weight excluding hydrogens is 416 g/mol. The molecule has 1 amide bonds. The molecule has 29 heavy (non-hydrogen) atoms. The molecule has 3 rings (SSSR count). The Kier molecular flexibility index (Phi) is 6.79. The number of anilines is 1. The molecule has 7 nitrogen and oxygen atoms in total. The van der Waals surface area contributed by atoms with E-state index in [1.807, 2.05) is 32.0 Å². The Balaban J connectivity index is 1.69. The molecule has 2 aromatic rings. The van der Waals surface area contributed by atoms with Gasteiger partial charge in [0, 0.05) is 18.8 Å². The summed E-state index contributed by atoms with van der Waals surface area (Å²) in [5.74, 6) is 0.200. The molecule has 1 saturated heterocycles. The van der Waals surface area contributed by atoms with Gasteiger partial charge in [0.05, 0.1) is 18.2 Å². The Labute approximate surface area is 175 Å². The third-order valence-electron chi connectivity index (χ3n) is 4.37. The van der Waals surface area contributed by atoms with Crippen LogP contribution in [-0.2, 0) is 19.6 Å². The third kappa shape index (κ3) is 5.48. The molecule has 0 aliphatic carbocycles. The van der Waals surface area contributed by atoms with Gasteiger partial charge in [0.15, 0.2) is 6.61 Å². The van der Waals surface area contributed by atoms with E-state index in [0.717, 1.165) is 11.1 Å². The number of hydrogen-bond acceptors (Lipinski definition) is 5. The summed E-state index contributed by atoms with van der Waals surface area (Å²) in [6, 6.07) is 10.1. The molecular formula is C20H23ClN2O5S. The second kappa shape index (κ2) is 9.13. The van der Waals surface area contributed by atoms with Crippen molar-refractivity contribution >= 4 is 33.2 Å². The van der Waals surface area contributed by atoms with Crippen LogP contribution in [0, 0.1) is 13.8 Å². The number of benzene rings is 2. The first-order valence-electron chi connectivity index (χ1n) is 9.14. The van der Waals surface area contributed by atoms with Crippen molar-refractivity contribution in [3.05, 3.63) is 52.5 Å². The van der Waals surface area contributed by atoms with Crippen LogP contribution < -0.4 is 10.1 Å². The summed E-state index contributed by atoms with van der Waals surface area (Å²) in [6.45, 7) is 4.90. The molecule has 156 valence electrons. The van der Waals surface area contributed by atoms with Crippen molar-refractivity contribution in [1.29, 1.82) is 0 Å². The van der Waals surface area contributed by atoms with Crippen LogP contribution in [0.2, 0.25) is 5.02 Å². The fraction of sp³-hybridized carbons (Fsp3) is 0.350. The number of sulfonamides is 1. The first-order chi connectivity index (χ1) is 13.8. The van der Waals surface area contributed by atoms with Gasteiger partial charge in [0.1, 0.15) is 10.6 Å². The van der Waals surface area contributed by atoms with Gasteiger partial charge in [-0.1, -0.05) is 17.7 Å². The molecule has 1 N–H and O–H groups in total. The van der Waals surface area contributed by atoms with E-state index >= 15 is 0 Å². The number of rotatable bonds is 6. The lowest BCUT2D eigenvalue weighted by Gasteiger charge is -2.26. The molecule has 1 aliphatic rings. The number of nitrogens with zero attached hydrogens (tertiary/aromatic N) is 1. The topological polar surface area (TPSA) is 84.9 Å². The minimum Gasteiger partial charge on any atom is -0.484 e. The van der Waals surface area contributed by atoms with E-state index in [-0.39, 0.29) is 29.6 Å². The van der Waals surface area contributed by atoms with Crippen molar-refractivity contribution in [2.75, 3.05) is 38.2 Å². The normalized spacial score (nSPS) is 15.1. The first kappa shape index (κ1) is 21.6. The van der Waals surface area contributed by atoms with Gasteiger partial charge >= 0.3 is 0 Å². The van der Waals surface area contributed by atoms with Crippen LogP contribution in [-0.4, -0.2) is 51.5 Å². The first-order valence-corrected chi connectivity index (χ1v) is 11.0. The van der Waals surface area contributed by atoms with E-state index in [9.17, 15) is 13.2 Å². The molecule has 0 radical (unpaired) electrons. The predicted molar refractivity (Wildman–Crippen MR) is 111 cm³/mol. The van der Waals surface area contributed by atoms with Crippen LogP contribution in [0.1, 0.15) is 11.1 Å². The molecule has 2 aromatic carbocycles. The SMILES string of the molecule is Cc1cc(C)cc(OCC(=O)Nc2ccc(Cl)c(S(=O)(=O)N3CCOCC3)c2)c1. The Morgan fingerprint density at radius 3 is 2.45 bits per heavy atom. The lowest BCUT2D eigenvalue weighted by molar-refractivity contribution is -0.118. The van der Waals surface area contributed by atoms with Crippen molar-refractivity contribution in [1.82, 2.24) is 4.31 Å². The van der Waals surface area contributed by atoms with Crippen molar-refractivity contribution in [2.24, 2.45) is 0 Å². The summed E-state index contributed by atoms with van der Waals surface area (Å²) < 4.78 is 37.8. The zero-order valence-electron chi connectivity index (χ0n) is 16.3. The molecule has 0 aromatic heterocycles. The molecule has 0 bridgehead atoms. The molecule has 0 unspecified atom stereocenters. The standard InChI is InChI=1S/C20H23ClN2O5S/c1-14-9-15(2)11-17(10-14)28-13-20(24)22-16-3-4-18(21)19(12-16)29(25,26)23-5-7-27-8-6-23/h3-4,9-12H,5-8,13H2,1-2H3,(H,22,24). The summed E-state index contributed by atoms with van der Waals surface area (Å²) in [7, 11) is -3.78. The van der Waals surface area contributed by atoms with Crippen molar-refractivity contribution in [3.63, 3.8) is 0 Å². The Morgan fingerprint density at radius 1 is 1.14 bits per heavy atom. The molecule has 1 aliphatic heterocycles. The molecule has 0 spiro atoms. The molecule has 0 saturated carbocycles. The van der Waals surface area contributed by atoms with E-state index in [1.54, 1.807) is 6.07 Å². The maximum atomic E-state index is 12.9. The highest BCUT2D eigenvalue weighted by molar-refractivity contribution is 7.89. The Morgan fingerprint density at radius 2 is 1.79 bits per heavy atom. The predicted octanol–water partition coefficient (Wildman–Crippen LogP) is 3.00. The quantitative estimate of drug-likeness (QED) is 0.749. The number of morpholine rings is 1. The molecule has 1 heterocycles. The minimum absolute atomic E-state index is 0.0471. The van der Waals surface area contributed by atoms with E-state index in [1.165, 1.54) is 16.4 Å².